The number of carbonyl (C=O) groups is 2. The van der Waals surface area contributed by atoms with Crippen LogP contribution in [-0.2, 0) is 15.1 Å². The third-order valence-electron chi connectivity index (χ3n) is 3.35. The number of nitro benzene ring substituents is 1. The molecule has 126 valence electrons. The molecular weight excluding hydrogens is 304 g/mol. The molecule has 0 radical (unpaired) electrons. The Morgan fingerprint density at radius 1 is 1.35 bits per heavy atom. The van der Waals surface area contributed by atoms with Gasteiger partial charge in [-0.05, 0) is 39.3 Å². The van der Waals surface area contributed by atoms with E-state index in [0.29, 0.717) is 6.29 Å². The van der Waals surface area contributed by atoms with Gasteiger partial charge in [-0.25, -0.2) is 4.79 Å². The molecule has 1 amide bonds. The molecule has 23 heavy (non-hydrogen) atoms. The monoisotopic (exact) mass is 324 g/mol. The Hall–Kier alpha value is -2.64. The molecule has 0 saturated heterocycles. The Kier molecular flexibility index (Phi) is 4.99. The van der Waals surface area contributed by atoms with Gasteiger partial charge >= 0.3 is 11.8 Å². The minimum absolute atomic E-state index is 0.186. The number of hydrogen-bond acceptors (Lipinski definition) is 6. The summed E-state index contributed by atoms with van der Waals surface area (Å²) in [5.74, 6) is -0.521. The molecule has 0 aliphatic rings. The van der Waals surface area contributed by atoms with Crippen molar-refractivity contribution in [1.29, 1.82) is 0 Å². The SMILES string of the molecule is CN(C(=O)OC(C)(C)C)C(C)(C=O)c1ccc(O)c([N+](=O)[O-])c1. The number of likely N-dealkylation sites (N-methyl/N-ethyl adjacent to an activating group) is 1. The maximum absolute atomic E-state index is 12.2. The van der Waals surface area contributed by atoms with Gasteiger partial charge < -0.3 is 14.6 Å². The van der Waals surface area contributed by atoms with Crippen LogP contribution in [0.4, 0.5) is 10.5 Å². The molecule has 1 aromatic carbocycles. The van der Waals surface area contributed by atoms with Crippen molar-refractivity contribution in [2.75, 3.05) is 7.05 Å². The summed E-state index contributed by atoms with van der Waals surface area (Å²) in [5.41, 5.74) is -2.60. The van der Waals surface area contributed by atoms with Gasteiger partial charge in [0.1, 0.15) is 17.4 Å². The van der Waals surface area contributed by atoms with Crippen LogP contribution in [-0.4, -0.2) is 40.0 Å². The predicted molar refractivity (Wildman–Crippen MR) is 82.2 cm³/mol. The summed E-state index contributed by atoms with van der Waals surface area (Å²) in [4.78, 5) is 35.0. The van der Waals surface area contributed by atoms with Crippen LogP contribution in [0.5, 0.6) is 5.75 Å². The quantitative estimate of drug-likeness (QED) is 0.518. The van der Waals surface area contributed by atoms with Gasteiger partial charge in [-0.3, -0.25) is 15.0 Å². The summed E-state index contributed by atoms with van der Waals surface area (Å²) in [5, 5.41) is 20.4. The van der Waals surface area contributed by atoms with Gasteiger partial charge in [-0.15, -0.1) is 0 Å². The molecule has 0 fully saturated rings. The molecule has 1 atom stereocenters. The number of ether oxygens (including phenoxy) is 1. The molecule has 8 nitrogen and oxygen atoms in total. The van der Waals surface area contributed by atoms with Crippen LogP contribution in [0.3, 0.4) is 0 Å². The molecule has 0 aliphatic heterocycles. The fraction of sp³-hybridized carbons (Fsp3) is 0.467. The highest BCUT2D eigenvalue weighted by molar-refractivity contribution is 5.78. The number of benzene rings is 1. The lowest BCUT2D eigenvalue weighted by Gasteiger charge is -2.35. The number of rotatable bonds is 4. The van der Waals surface area contributed by atoms with Gasteiger partial charge in [0, 0.05) is 13.1 Å². The van der Waals surface area contributed by atoms with E-state index in [1.165, 1.54) is 20.0 Å². The minimum Gasteiger partial charge on any atom is -0.502 e. The second-order valence-corrected chi connectivity index (χ2v) is 6.27. The maximum atomic E-state index is 12.2. The van der Waals surface area contributed by atoms with E-state index in [2.05, 4.69) is 0 Å². The van der Waals surface area contributed by atoms with Crippen LogP contribution in [0.2, 0.25) is 0 Å². The average molecular weight is 324 g/mol. The molecule has 0 spiro atoms. The second kappa shape index (κ2) is 6.23. The van der Waals surface area contributed by atoms with Crippen LogP contribution >= 0.6 is 0 Å². The molecule has 1 rings (SSSR count). The van der Waals surface area contributed by atoms with Crippen LogP contribution in [0.1, 0.15) is 33.3 Å². The van der Waals surface area contributed by atoms with Gasteiger partial charge in [-0.1, -0.05) is 6.07 Å². The van der Waals surface area contributed by atoms with E-state index in [-0.39, 0.29) is 5.56 Å². The molecular formula is C15H20N2O6. The molecule has 0 aliphatic carbocycles. The Labute approximate surface area is 133 Å². The molecule has 1 N–H and O–H groups in total. The number of carbonyl (C=O) groups excluding carboxylic acids is 2. The highest BCUT2D eigenvalue weighted by Gasteiger charge is 2.38. The summed E-state index contributed by atoms with van der Waals surface area (Å²) in [7, 11) is 1.36. The second-order valence-electron chi connectivity index (χ2n) is 6.27. The number of aromatic hydroxyl groups is 1. The lowest BCUT2D eigenvalue weighted by molar-refractivity contribution is -0.386. The van der Waals surface area contributed by atoms with Crippen LogP contribution < -0.4 is 0 Å². The number of nitro groups is 1. The zero-order chi connectivity index (χ0) is 18.0. The van der Waals surface area contributed by atoms with Gasteiger partial charge in [0.05, 0.1) is 4.92 Å². The molecule has 0 heterocycles. The number of amides is 1. The Bertz CT molecular complexity index is 637. The zero-order valence-corrected chi connectivity index (χ0v) is 13.7. The molecule has 1 aromatic rings. The fourth-order valence-electron chi connectivity index (χ4n) is 1.85. The Balaban J connectivity index is 3.29. The van der Waals surface area contributed by atoms with Gasteiger partial charge in [0.2, 0.25) is 0 Å². The summed E-state index contributed by atoms with van der Waals surface area (Å²) in [6.07, 6.45) is -0.254. The summed E-state index contributed by atoms with van der Waals surface area (Å²) in [6.45, 7) is 6.48. The van der Waals surface area contributed by atoms with E-state index < -0.39 is 33.6 Å². The average Bonchev–Trinajstić information content (AvgIpc) is 2.43. The van der Waals surface area contributed by atoms with Crippen LogP contribution in [0, 0.1) is 10.1 Å². The molecule has 8 heteroatoms. The number of aldehydes is 1. The lowest BCUT2D eigenvalue weighted by atomic mass is 9.91. The van der Waals surface area contributed by atoms with Crippen molar-refractivity contribution in [3.8, 4) is 5.75 Å². The fourth-order valence-corrected chi connectivity index (χ4v) is 1.85. The van der Waals surface area contributed by atoms with E-state index in [1.54, 1.807) is 20.8 Å². The van der Waals surface area contributed by atoms with Crippen molar-refractivity contribution in [2.45, 2.75) is 38.8 Å². The largest absolute Gasteiger partial charge is 0.502 e. The summed E-state index contributed by atoms with van der Waals surface area (Å²) in [6, 6.07) is 3.51. The Morgan fingerprint density at radius 2 is 1.91 bits per heavy atom. The third-order valence-corrected chi connectivity index (χ3v) is 3.35. The van der Waals surface area contributed by atoms with Crippen molar-refractivity contribution in [2.24, 2.45) is 0 Å². The van der Waals surface area contributed by atoms with Crippen molar-refractivity contribution in [3.63, 3.8) is 0 Å². The van der Waals surface area contributed by atoms with Crippen LogP contribution in [0.25, 0.3) is 0 Å². The summed E-state index contributed by atoms with van der Waals surface area (Å²) < 4.78 is 5.22. The van der Waals surface area contributed by atoms with Crippen molar-refractivity contribution in [3.05, 3.63) is 33.9 Å². The number of hydrogen-bond donors (Lipinski definition) is 1. The smallest absolute Gasteiger partial charge is 0.411 e. The molecule has 0 saturated carbocycles. The lowest BCUT2D eigenvalue weighted by Crippen LogP contribution is -2.48. The van der Waals surface area contributed by atoms with Crippen molar-refractivity contribution >= 4 is 18.1 Å². The number of nitrogens with zero attached hydrogens (tertiary/aromatic N) is 2. The first-order chi connectivity index (χ1) is 10.4. The third kappa shape index (κ3) is 3.97. The standard InChI is InChI=1S/C15H20N2O6/c1-14(2,3)23-13(20)16(5)15(4,9-18)10-6-7-12(19)11(8-10)17(21)22/h6-9,19H,1-5H3. The normalized spacial score (nSPS) is 13.8. The first-order valence-corrected chi connectivity index (χ1v) is 6.83. The number of phenols is 1. The zero-order valence-electron chi connectivity index (χ0n) is 13.7. The van der Waals surface area contributed by atoms with Gasteiger partial charge in [-0.2, -0.15) is 0 Å². The van der Waals surface area contributed by atoms with Gasteiger partial charge in [0.25, 0.3) is 0 Å². The first kappa shape index (κ1) is 18.4. The van der Waals surface area contributed by atoms with Gasteiger partial charge in [0.15, 0.2) is 5.75 Å². The molecule has 0 bridgehead atoms. The highest BCUT2D eigenvalue weighted by atomic mass is 16.6. The topological polar surface area (TPSA) is 110 Å². The minimum atomic E-state index is -1.49. The Morgan fingerprint density at radius 3 is 2.35 bits per heavy atom. The molecule has 1 unspecified atom stereocenters. The maximum Gasteiger partial charge on any atom is 0.411 e. The van der Waals surface area contributed by atoms with E-state index in [1.807, 2.05) is 0 Å². The predicted octanol–water partition coefficient (Wildman–Crippen LogP) is 2.58. The van der Waals surface area contributed by atoms with Crippen LogP contribution in [0.15, 0.2) is 18.2 Å². The van der Waals surface area contributed by atoms with Crippen molar-refractivity contribution in [1.82, 2.24) is 4.90 Å². The van der Waals surface area contributed by atoms with E-state index >= 15 is 0 Å². The van der Waals surface area contributed by atoms with E-state index in [4.69, 9.17) is 4.74 Å². The number of phenolic OH excluding ortho intramolecular Hbond substituents is 1. The van der Waals surface area contributed by atoms with E-state index in [9.17, 15) is 24.8 Å². The van der Waals surface area contributed by atoms with E-state index in [0.717, 1.165) is 17.0 Å². The first-order valence-electron chi connectivity index (χ1n) is 6.83. The highest BCUT2D eigenvalue weighted by Crippen LogP contribution is 2.33. The summed E-state index contributed by atoms with van der Waals surface area (Å²) >= 11 is 0. The molecule has 0 aromatic heterocycles. The van der Waals surface area contributed by atoms with Crippen molar-refractivity contribution < 1.29 is 24.4 Å².